The molecule has 31 heavy (non-hydrogen) atoms. The van der Waals surface area contributed by atoms with Gasteiger partial charge in [-0.05, 0) is 43.8 Å². The van der Waals surface area contributed by atoms with Crippen molar-refractivity contribution >= 4 is 44.7 Å². The second-order valence-corrected chi connectivity index (χ2v) is 10.3. The minimum Gasteiger partial charge on any atom is -0.309 e. The summed E-state index contributed by atoms with van der Waals surface area (Å²) in [7, 11) is 0. The SMILES string of the molecule is Cc1ccccc1-n1c(C)nnc1SC(C)c1nc2scc(-c3cccs3)c2c(=O)[nH]1. The standard InChI is InChI=1S/C22H19N5OS3/c1-12-7-4-5-8-16(12)27-14(3)25-26-22(27)31-13(2)19-23-20(28)18-15(11-30-21(18)24-19)17-9-6-10-29-17/h4-11,13H,1-3H3,(H,23,24,28). The Morgan fingerprint density at radius 1 is 1.10 bits per heavy atom. The van der Waals surface area contributed by atoms with Crippen molar-refractivity contribution in [1.29, 1.82) is 0 Å². The molecule has 0 saturated carbocycles. The lowest BCUT2D eigenvalue weighted by Gasteiger charge is -2.14. The molecule has 0 bridgehead atoms. The van der Waals surface area contributed by atoms with E-state index in [0.29, 0.717) is 11.2 Å². The lowest BCUT2D eigenvalue weighted by atomic mass is 10.2. The number of thiophene rings is 2. The third-order valence-corrected chi connectivity index (χ3v) is 7.89. The van der Waals surface area contributed by atoms with Gasteiger partial charge >= 0.3 is 0 Å². The zero-order chi connectivity index (χ0) is 21.5. The number of benzene rings is 1. The second-order valence-electron chi connectivity index (χ2n) is 7.17. The number of H-pyrrole nitrogens is 1. The van der Waals surface area contributed by atoms with Gasteiger partial charge in [-0.2, -0.15) is 0 Å². The van der Waals surface area contributed by atoms with Crippen LogP contribution in [0.5, 0.6) is 0 Å². The number of thioether (sulfide) groups is 1. The summed E-state index contributed by atoms with van der Waals surface area (Å²) in [5.74, 6) is 1.46. The molecule has 1 aromatic carbocycles. The van der Waals surface area contributed by atoms with Crippen LogP contribution in [-0.2, 0) is 0 Å². The zero-order valence-corrected chi connectivity index (χ0v) is 19.6. The van der Waals surface area contributed by atoms with Gasteiger partial charge < -0.3 is 4.98 Å². The first kappa shape index (κ1) is 20.2. The van der Waals surface area contributed by atoms with E-state index in [9.17, 15) is 4.79 Å². The number of nitrogens with zero attached hydrogens (tertiary/aromatic N) is 4. The number of para-hydroxylation sites is 1. The van der Waals surface area contributed by atoms with E-state index < -0.39 is 0 Å². The normalized spacial score (nSPS) is 12.5. The monoisotopic (exact) mass is 465 g/mol. The summed E-state index contributed by atoms with van der Waals surface area (Å²) in [4.78, 5) is 22.6. The van der Waals surface area contributed by atoms with Crippen LogP contribution in [-0.4, -0.2) is 24.7 Å². The summed E-state index contributed by atoms with van der Waals surface area (Å²) in [5, 5.41) is 14.0. The molecule has 1 N–H and O–H groups in total. The predicted octanol–water partition coefficient (Wildman–Crippen LogP) is 5.76. The van der Waals surface area contributed by atoms with Crippen LogP contribution in [0.3, 0.4) is 0 Å². The molecule has 0 fully saturated rings. The Morgan fingerprint density at radius 2 is 1.94 bits per heavy atom. The third-order valence-electron chi connectivity index (χ3n) is 5.07. The van der Waals surface area contributed by atoms with Crippen LogP contribution >= 0.6 is 34.4 Å². The number of hydrogen-bond donors (Lipinski definition) is 1. The quantitative estimate of drug-likeness (QED) is 0.334. The molecule has 0 radical (unpaired) electrons. The number of hydrogen-bond acceptors (Lipinski definition) is 7. The molecule has 6 nitrogen and oxygen atoms in total. The van der Waals surface area contributed by atoms with Gasteiger partial charge in [-0.1, -0.05) is 36.0 Å². The first-order valence-corrected chi connectivity index (χ1v) is 12.4. The summed E-state index contributed by atoms with van der Waals surface area (Å²) in [6, 6.07) is 12.2. The molecule has 1 atom stereocenters. The van der Waals surface area contributed by atoms with Crippen LogP contribution < -0.4 is 5.56 Å². The van der Waals surface area contributed by atoms with Crippen LogP contribution in [0.2, 0.25) is 0 Å². The maximum absolute atomic E-state index is 12.9. The molecule has 5 rings (SSSR count). The van der Waals surface area contributed by atoms with E-state index in [4.69, 9.17) is 4.98 Å². The van der Waals surface area contributed by atoms with E-state index in [0.717, 1.165) is 37.5 Å². The fraction of sp³-hybridized carbons (Fsp3) is 0.182. The van der Waals surface area contributed by atoms with Gasteiger partial charge in [0.05, 0.1) is 16.3 Å². The highest BCUT2D eigenvalue weighted by atomic mass is 32.2. The molecule has 1 unspecified atom stereocenters. The van der Waals surface area contributed by atoms with Gasteiger partial charge in [-0.3, -0.25) is 9.36 Å². The van der Waals surface area contributed by atoms with Crippen molar-refractivity contribution in [2.24, 2.45) is 0 Å². The topological polar surface area (TPSA) is 76.5 Å². The third kappa shape index (κ3) is 3.62. The van der Waals surface area contributed by atoms with Crippen LogP contribution in [0.25, 0.3) is 26.3 Å². The number of nitrogens with one attached hydrogen (secondary N) is 1. The summed E-state index contributed by atoms with van der Waals surface area (Å²) in [6.07, 6.45) is 0. The number of aromatic nitrogens is 5. The van der Waals surface area contributed by atoms with Crippen molar-refractivity contribution in [3.63, 3.8) is 0 Å². The molecule has 4 heterocycles. The lowest BCUT2D eigenvalue weighted by molar-refractivity contribution is 0.846. The molecule has 0 spiro atoms. The Hall–Kier alpha value is -2.75. The van der Waals surface area contributed by atoms with E-state index in [1.165, 1.54) is 23.1 Å². The largest absolute Gasteiger partial charge is 0.309 e. The molecule has 9 heteroatoms. The maximum atomic E-state index is 12.9. The van der Waals surface area contributed by atoms with Gasteiger partial charge in [0.2, 0.25) is 0 Å². The van der Waals surface area contributed by atoms with Crippen molar-refractivity contribution in [2.45, 2.75) is 31.2 Å². The first-order chi connectivity index (χ1) is 15.0. The Balaban J connectivity index is 1.51. The lowest BCUT2D eigenvalue weighted by Crippen LogP contribution is -2.12. The highest BCUT2D eigenvalue weighted by molar-refractivity contribution is 7.99. The molecule has 0 aliphatic rings. The maximum Gasteiger partial charge on any atom is 0.260 e. The fourth-order valence-electron chi connectivity index (χ4n) is 3.50. The molecule has 0 amide bonds. The van der Waals surface area contributed by atoms with Crippen molar-refractivity contribution in [1.82, 2.24) is 24.7 Å². The molecular weight excluding hydrogens is 446 g/mol. The first-order valence-electron chi connectivity index (χ1n) is 9.73. The Labute approximate surface area is 191 Å². The van der Waals surface area contributed by atoms with Gasteiger partial charge in [-0.15, -0.1) is 32.9 Å². The van der Waals surface area contributed by atoms with Gasteiger partial charge in [0.15, 0.2) is 5.16 Å². The van der Waals surface area contributed by atoms with Crippen LogP contribution in [0.15, 0.2) is 57.1 Å². The predicted molar refractivity (Wildman–Crippen MR) is 129 cm³/mol. The minimum absolute atomic E-state index is 0.101. The number of fused-ring (bicyclic) bond motifs is 1. The Bertz CT molecular complexity index is 1430. The minimum atomic E-state index is -0.103. The molecule has 156 valence electrons. The van der Waals surface area contributed by atoms with E-state index in [1.54, 1.807) is 11.3 Å². The summed E-state index contributed by atoms with van der Waals surface area (Å²) >= 11 is 4.66. The number of aryl methyl sites for hydroxylation is 2. The van der Waals surface area contributed by atoms with Gasteiger partial charge in [-0.25, -0.2) is 4.98 Å². The molecule has 0 aliphatic heterocycles. The van der Waals surface area contributed by atoms with Crippen molar-refractivity contribution < 1.29 is 0 Å². The second kappa shape index (κ2) is 8.07. The zero-order valence-electron chi connectivity index (χ0n) is 17.1. The van der Waals surface area contributed by atoms with Crippen LogP contribution in [0.4, 0.5) is 0 Å². The Morgan fingerprint density at radius 3 is 2.71 bits per heavy atom. The van der Waals surface area contributed by atoms with Crippen LogP contribution in [0, 0.1) is 13.8 Å². The molecular formula is C22H19N5OS3. The average molecular weight is 466 g/mol. The van der Waals surface area contributed by atoms with Crippen molar-refractivity contribution in [3.8, 4) is 16.1 Å². The van der Waals surface area contributed by atoms with E-state index in [2.05, 4.69) is 34.2 Å². The molecule has 0 aliphatic carbocycles. The number of aromatic amines is 1. The summed E-state index contributed by atoms with van der Waals surface area (Å²) in [6.45, 7) is 6.04. The molecule has 4 aromatic heterocycles. The highest BCUT2D eigenvalue weighted by Crippen LogP contribution is 2.37. The molecule has 0 saturated heterocycles. The van der Waals surface area contributed by atoms with E-state index >= 15 is 0 Å². The van der Waals surface area contributed by atoms with Gasteiger partial charge in [0.25, 0.3) is 5.56 Å². The average Bonchev–Trinajstić information content (AvgIpc) is 3.49. The van der Waals surface area contributed by atoms with E-state index in [-0.39, 0.29) is 10.8 Å². The fourth-order valence-corrected chi connectivity index (χ4v) is 6.23. The van der Waals surface area contributed by atoms with Gasteiger partial charge in [0, 0.05) is 15.8 Å². The molecule has 5 aromatic rings. The highest BCUT2D eigenvalue weighted by Gasteiger charge is 2.20. The van der Waals surface area contributed by atoms with Crippen molar-refractivity contribution in [3.05, 3.63) is 74.7 Å². The van der Waals surface area contributed by atoms with Crippen LogP contribution in [0.1, 0.15) is 29.4 Å². The van der Waals surface area contributed by atoms with Gasteiger partial charge in [0.1, 0.15) is 16.5 Å². The summed E-state index contributed by atoms with van der Waals surface area (Å²) in [5.41, 5.74) is 3.04. The van der Waals surface area contributed by atoms with E-state index in [1.807, 2.05) is 53.4 Å². The summed E-state index contributed by atoms with van der Waals surface area (Å²) < 4.78 is 2.05. The van der Waals surface area contributed by atoms with Crippen molar-refractivity contribution in [2.75, 3.05) is 0 Å². The smallest absolute Gasteiger partial charge is 0.260 e. The number of rotatable bonds is 5. The Kier molecular flexibility index (Phi) is 5.25.